The Balaban J connectivity index is 2.01. The van der Waals surface area contributed by atoms with Gasteiger partial charge in [0, 0.05) is 22.1 Å². The van der Waals surface area contributed by atoms with Crippen molar-refractivity contribution in [3.63, 3.8) is 0 Å². The van der Waals surface area contributed by atoms with Crippen LogP contribution in [0.1, 0.15) is 100 Å². The van der Waals surface area contributed by atoms with Gasteiger partial charge >= 0.3 is 5.97 Å². The average molecular weight is 461 g/mol. The molecule has 0 bridgehead atoms. The van der Waals surface area contributed by atoms with Crippen molar-refractivity contribution in [3.8, 4) is 17.6 Å². The van der Waals surface area contributed by atoms with Gasteiger partial charge in [0.05, 0.1) is 19.6 Å². The van der Waals surface area contributed by atoms with E-state index in [4.69, 9.17) is 9.47 Å². The average Bonchev–Trinajstić information content (AvgIpc) is 2.85. The van der Waals surface area contributed by atoms with Crippen molar-refractivity contribution in [2.24, 2.45) is 0 Å². The first-order valence-corrected chi connectivity index (χ1v) is 13.1. The van der Waals surface area contributed by atoms with E-state index in [-0.39, 0.29) is 17.8 Å². The molecule has 0 fully saturated rings. The maximum atomic E-state index is 12.1. The van der Waals surface area contributed by atoms with E-state index in [0.717, 1.165) is 61.2 Å². The van der Waals surface area contributed by atoms with Gasteiger partial charge in [0.15, 0.2) is 0 Å². The molecule has 2 aromatic carbocycles. The minimum absolute atomic E-state index is 0.159. The van der Waals surface area contributed by atoms with Crippen LogP contribution in [0.5, 0.6) is 5.75 Å². The predicted molar refractivity (Wildman–Crippen MR) is 139 cm³/mol. The Bertz CT molecular complexity index is 1020. The minimum Gasteiger partial charge on any atom is -0.493 e. The molecule has 0 atom stereocenters. The molecule has 34 heavy (non-hydrogen) atoms. The van der Waals surface area contributed by atoms with E-state index in [1.807, 2.05) is 31.2 Å². The molecule has 1 aliphatic heterocycles. The fourth-order valence-electron chi connectivity index (χ4n) is 5.00. The molecular formula is C31H40O3. The second-order valence-corrected chi connectivity index (χ2v) is 9.29. The zero-order valence-electron chi connectivity index (χ0n) is 21.5. The van der Waals surface area contributed by atoms with Gasteiger partial charge in [0.1, 0.15) is 5.75 Å². The molecule has 0 aromatic heterocycles. The first-order valence-electron chi connectivity index (χ1n) is 13.1. The maximum absolute atomic E-state index is 12.1. The van der Waals surface area contributed by atoms with Crippen LogP contribution >= 0.6 is 0 Å². The van der Waals surface area contributed by atoms with Crippen molar-refractivity contribution in [2.45, 2.75) is 90.9 Å². The second-order valence-electron chi connectivity index (χ2n) is 9.29. The Morgan fingerprint density at radius 3 is 2.47 bits per heavy atom. The molecule has 0 amide bonds. The molecule has 1 heterocycles. The van der Waals surface area contributed by atoms with Crippen molar-refractivity contribution < 1.29 is 14.3 Å². The number of aryl methyl sites for hydroxylation is 1. The lowest BCUT2D eigenvalue weighted by Crippen LogP contribution is -2.32. The summed E-state index contributed by atoms with van der Waals surface area (Å²) in [5, 5.41) is 0. The summed E-state index contributed by atoms with van der Waals surface area (Å²) >= 11 is 0. The molecule has 0 saturated carbocycles. The number of rotatable bonds is 10. The maximum Gasteiger partial charge on any atom is 0.310 e. The van der Waals surface area contributed by atoms with E-state index in [1.165, 1.54) is 30.4 Å². The van der Waals surface area contributed by atoms with Gasteiger partial charge in [0.25, 0.3) is 0 Å². The number of carbonyl (C=O) groups is 1. The number of carbonyl (C=O) groups excluding carboxylic acids is 1. The Morgan fingerprint density at radius 1 is 0.971 bits per heavy atom. The largest absolute Gasteiger partial charge is 0.493 e. The number of fused-ring (bicyclic) bond motifs is 1. The van der Waals surface area contributed by atoms with Crippen molar-refractivity contribution in [3.05, 3.63) is 64.2 Å². The topological polar surface area (TPSA) is 35.5 Å². The molecule has 182 valence electrons. The van der Waals surface area contributed by atoms with Crippen LogP contribution in [0.4, 0.5) is 0 Å². The molecule has 3 rings (SSSR count). The zero-order valence-corrected chi connectivity index (χ0v) is 21.5. The van der Waals surface area contributed by atoms with Crippen molar-refractivity contribution in [2.75, 3.05) is 13.2 Å². The van der Waals surface area contributed by atoms with Crippen molar-refractivity contribution in [1.82, 2.24) is 0 Å². The van der Waals surface area contributed by atoms with Crippen LogP contribution < -0.4 is 4.74 Å². The van der Waals surface area contributed by atoms with Gasteiger partial charge in [0.2, 0.25) is 0 Å². The summed E-state index contributed by atoms with van der Waals surface area (Å²) in [6.45, 7) is 9.82. The molecule has 2 aromatic rings. The summed E-state index contributed by atoms with van der Waals surface area (Å²) in [5.41, 5.74) is 5.64. The normalized spacial score (nSPS) is 13.9. The van der Waals surface area contributed by atoms with E-state index in [2.05, 4.69) is 44.7 Å². The Labute approximate surface area is 206 Å². The summed E-state index contributed by atoms with van der Waals surface area (Å²) in [5.74, 6) is 7.72. The van der Waals surface area contributed by atoms with Crippen LogP contribution in [0.15, 0.2) is 36.4 Å². The molecule has 3 heteroatoms. The fraction of sp³-hybridized carbons (Fsp3) is 0.516. The third kappa shape index (κ3) is 6.23. The van der Waals surface area contributed by atoms with E-state index in [0.29, 0.717) is 6.61 Å². The lowest BCUT2D eigenvalue weighted by molar-refractivity contribution is -0.142. The SMILES string of the molecule is CCCCCCc1cc2c(cc1C#Cc1ccccc1CC(=O)OCC)C(CC)(CC)CCO2. The van der Waals surface area contributed by atoms with Gasteiger partial charge in [-0.25, -0.2) is 0 Å². The monoisotopic (exact) mass is 460 g/mol. The summed E-state index contributed by atoms with van der Waals surface area (Å²) < 4.78 is 11.3. The Kier molecular flexibility index (Phi) is 9.63. The van der Waals surface area contributed by atoms with Gasteiger partial charge in [-0.05, 0) is 68.4 Å². The van der Waals surface area contributed by atoms with E-state index >= 15 is 0 Å². The van der Waals surface area contributed by atoms with Crippen LogP contribution in [-0.2, 0) is 27.8 Å². The quantitative estimate of drug-likeness (QED) is 0.214. The van der Waals surface area contributed by atoms with Gasteiger partial charge in [-0.15, -0.1) is 0 Å². The number of hydrogen-bond acceptors (Lipinski definition) is 3. The van der Waals surface area contributed by atoms with Gasteiger partial charge in [-0.2, -0.15) is 0 Å². The summed E-state index contributed by atoms with van der Waals surface area (Å²) in [7, 11) is 0. The molecule has 0 radical (unpaired) electrons. The van der Waals surface area contributed by atoms with Gasteiger partial charge in [-0.1, -0.05) is 70.1 Å². The number of esters is 1. The fourth-order valence-corrected chi connectivity index (χ4v) is 5.00. The van der Waals surface area contributed by atoms with Gasteiger partial charge < -0.3 is 9.47 Å². The lowest BCUT2D eigenvalue weighted by Gasteiger charge is -2.38. The summed E-state index contributed by atoms with van der Waals surface area (Å²) in [6, 6.07) is 12.4. The van der Waals surface area contributed by atoms with E-state index in [9.17, 15) is 4.79 Å². The second kappa shape index (κ2) is 12.7. The number of hydrogen-bond donors (Lipinski definition) is 0. The van der Waals surface area contributed by atoms with E-state index < -0.39 is 0 Å². The molecule has 0 N–H and O–H groups in total. The highest BCUT2D eigenvalue weighted by atomic mass is 16.5. The van der Waals surface area contributed by atoms with Gasteiger partial charge in [-0.3, -0.25) is 4.79 Å². The molecule has 0 unspecified atom stereocenters. The summed E-state index contributed by atoms with van der Waals surface area (Å²) in [4.78, 5) is 12.1. The van der Waals surface area contributed by atoms with Crippen LogP contribution in [0.25, 0.3) is 0 Å². The Morgan fingerprint density at radius 2 is 1.74 bits per heavy atom. The first kappa shape index (κ1) is 25.9. The standard InChI is InChI=1S/C31H40O3/c1-5-9-10-11-15-25-22-29-28(31(6-2,7-3)19-20-34-29)21-27(25)18-17-24-14-12-13-16-26(24)23-30(32)33-8-4/h12-14,16,21-22H,5-11,15,19-20,23H2,1-4H3. The first-order chi connectivity index (χ1) is 16.6. The molecule has 0 saturated heterocycles. The van der Waals surface area contributed by atoms with Crippen LogP contribution in [0, 0.1) is 11.8 Å². The molecule has 0 aliphatic carbocycles. The minimum atomic E-state index is -0.213. The summed E-state index contributed by atoms with van der Waals surface area (Å²) in [6.07, 6.45) is 9.40. The highest BCUT2D eigenvalue weighted by Crippen LogP contribution is 2.44. The number of ether oxygens (including phenoxy) is 2. The highest BCUT2D eigenvalue weighted by Gasteiger charge is 2.35. The third-order valence-corrected chi connectivity index (χ3v) is 7.26. The smallest absolute Gasteiger partial charge is 0.310 e. The lowest BCUT2D eigenvalue weighted by atomic mass is 9.71. The Hall–Kier alpha value is -2.73. The number of benzene rings is 2. The van der Waals surface area contributed by atoms with Crippen molar-refractivity contribution in [1.29, 1.82) is 0 Å². The highest BCUT2D eigenvalue weighted by molar-refractivity contribution is 5.73. The predicted octanol–water partition coefficient (Wildman–Crippen LogP) is 7.16. The van der Waals surface area contributed by atoms with Crippen molar-refractivity contribution >= 4 is 5.97 Å². The number of unbranched alkanes of at least 4 members (excludes halogenated alkanes) is 3. The van der Waals surface area contributed by atoms with Crippen LogP contribution in [-0.4, -0.2) is 19.2 Å². The molecule has 3 nitrogen and oxygen atoms in total. The van der Waals surface area contributed by atoms with Crippen LogP contribution in [0.2, 0.25) is 0 Å². The molecule has 1 aliphatic rings. The molecule has 0 spiro atoms. The zero-order chi connectivity index (χ0) is 24.4. The van der Waals surface area contributed by atoms with E-state index in [1.54, 1.807) is 0 Å². The third-order valence-electron chi connectivity index (χ3n) is 7.26. The molecular weight excluding hydrogens is 420 g/mol. The van der Waals surface area contributed by atoms with Crippen LogP contribution in [0.3, 0.4) is 0 Å².